The molecule has 0 radical (unpaired) electrons. The van der Waals surface area contributed by atoms with Gasteiger partial charge in [-0.05, 0) is 17.2 Å². The molecule has 0 N–H and O–H groups in total. The maximum absolute atomic E-state index is 13.1. The second kappa shape index (κ2) is 4.66. The summed E-state index contributed by atoms with van der Waals surface area (Å²) < 4.78 is 0. The Hall–Kier alpha value is -2.68. The lowest BCUT2D eigenvalue weighted by Gasteiger charge is -2.32. The zero-order chi connectivity index (χ0) is 16.2. The van der Waals surface area contributed by atoms with Crippen LogP contribution in [0.15, 0.2) is 66.4 Å². The number of rotatable bonds is 1. The molecule has 0 saturated carbocycles. The standard InChI is InChI=1S/C20H17NO2/c1-20(2)14-10-6-7-11-15(14)21-17(20)12-16(22)18(19(21)23)13-8-4-3-5-9-13/h3-12,18H,1-2H3. The molecule has 2 aromatic rings. The van der Waals surface area contributed by atoms with Gasteiger partial charge in [-0.3, -0.25) is 14.5 Å². The Morgan fingerprint density at radius 3 is 2.30 bits per heavy atom. The summed E-state index contributed by atoms with van der Waals surface area (Å²) in [5.74, 6) is -1.04. The van der Waals surface area contributed by atoms with E-state index in [0.717, 1.165) is 22.5 Å². The number of hydrogen-bond acceptors (Lipinski definition) is 2. The molecular weight excluding hydrogens is 286 g/mol. The Bertz CT molecular complexity index is 849. The van der Waals surface area contributed by atoms with Gasteiger partial charge in [0, 0.05) is 17.2 Å². The first-order valence-electron chi connectivity index (χ1n) is 7.76. The predicted octanol–water partition coefficient (Wildman–Crippen LogP) is 3.56. The van der Waals surface area contributed by atoms with Crippen LogP contribution < -0.4 is 4.90 Å². The molecule has 0 fully saturated rings. The number of carbonyl (C=O) groups excluding carboxylic acids is 2. The Labute approximate surface area is 135 Å². The van der Waals surface area contributed by atoms with Crippen LogP contribution in [-0.4, -0.2) is 11.7 Å². The molecule has 2 aliphatic rings. The topological polar surface area (TPSA) is 37.4 Å². The molecule has 1 atom stereocenters. The van der Waals surface area contributed by atoms with Crippen molar-refractivity contribution in [3.8, 4) is 0 Å². The molecule has 23 heavy (non-hydrogen) atoms. The number of para-hydroxylation sites is 1. The van der Waals surface area contributed by atoms with Crippen molar-refractivity contribution >= 4 is 17.4 Å². The Balaban J connectivity index is 1.91. The van der Waals surface area contributed by atoms with Gasteiger partial charge in [-0.2, -0.15) is 0 Å². The lowest BCUT2D eigenvalue weighted by molar-refractivity contribution is -0.127. The van der Waals surface area contributed by atoms with Crippen LogP contribution in [0, 0.1) is 0 Å². The number of fused-ring (bicyclic) bond motifs is 3. The molecule has 0 aliphatic carbocycles. The van der Waals surface area contributed by atoms with Crippen LogP contribution in [0.2, 0.25) is 0 Å². The van der Waals surface area contributed by atoms with Gasteiger partial charge in [-0.1, -0.05) is 62.4 Å². The van der Waals surface area contributed by atoms with Crippen molar-refractivity contribution in [2.24, 2.45) is 0 Å². The highest BCUT2D eigenvalue weighted by atomic mass is 16.2. The normalized spacial score (nSPS) is 21.7. The Morgan fingerprint density at radius 2 is 1.57 bits per heavy atom. The second-order valence-electron chi connectivity index (χ2n) is 6.59. The molecule has 1 unspecified atom stereocenters. The van der Waals surface area contributed by atoms with Gasteiger partial charge in [0.25, 0.3) is 0 Å². The average molecular weight is 303 g/mol. The Kier molecular flexibility index (Phi) is 2.82. The minimum Gasteiger partial charge on any atom is -0.294 e. The van der Waals surface area contributed by atoms with Gasteiger partial charge < -0.3 is 0 Å². The Morgan fingerprint density at radius 1 is 0.913 bits per heavy atom. The van der Waals surface area contributed by atoms with E-state index in [1.54, 1.807) is 11.0 Å². The summed E-state index contributed by atoms with van der Waals surface area (Å²) in [5.41, 5.74) is 3.16. The van der Waals surface area contributed by atoms with E-state index in [1.165, 1.54) is 0 Å². The van der Waals surface area contributed by atoms with Gasteiger partial charge in [0.2, 0.25) is 5.91 Å². The molecular formula is C20H17NO2. The maximum atomic E-state index is 13.1. The fourth-order valence-corrected chi connectivity index (χ4v) is 3.65. The maximum Gasteiger partial charge on any atom is 0.246 e. The van der Waals surface area contributed by atoms with Gasteiger partial charge >= 0.3 is 0 Å². The summed E-state index contributed by atoms with van der Waals surface area (Å²) in [6.45, 7) is 4.11. The van der Waals surface area contributed by atoms with Crippen LogP contribution in [0.5, 0.6) is 0 Å². The summed E-state index contributed by atoms with van der Waals surface area (Å²) in [6.07, 6.45) is 1.65. The van der Waals surface area contributed by atoms with E-state index in [-0.39, 0.29) is 17.1 Å². The average Bonchev–Trinajstić information content (AvgIpc) is 2.77. The van der Waals surface area contributed by atoms with Crippen LogP contribution in [0.3, 0.4) is 0 Å². The smallest absolute Gasteiger partial charge is 0.246 e. The molecule has 0 spiro atoms. The molecule has 114 valence electrons. The lowest BCUT2D eigenvalue weighted by atomic mass is 9.81. The summed E-state index contributed by atoms with van der Waals surface area (Å²) in [5, 5.41) is 0. The molecule has 0 bridgehead atoms. The van der Waals surface area contributed by atoms with Gasteiger partial charge in [0.15, 0.2) is 5.78 Å². The third-order valence-corrected chi connectivity index (χ3v) is 4.86. The van der Waals surface area contributed by atoms with Crippen molar-refractivity contribution in [3.05, 3.63) is 77.5 Å². The second-order valence-corrected chi connectivity index (χ2v) is 6.59. The van der Waals surface area contributed by atoms with Crippen molar-refractivity contribution in [3.63, 3.8) is 0 Å². The third kappa shape index (κ3) is 1.83. The van der Waals surface area contributed by atoms with Crippen LogP contribution in [0.4, 0.5) is 5.69 Å². The summed E-state index contributed by atoms with van der Waals surface area (Å²) >= 11 is 0. The highest BCUT2D eigenvalue weighted by Crippen LogP contribution is 2.50. The van der Waals surface area contributed by atoms with Crippen molar-refractivity contribution in [2.45, 2.75) is 25.2 Å². The number of ketones is 1. The quantitative estimate of drug-likeness (QED) is 0.755. The van der Waals surface area contributed by atoms with Crippen LogP contribution in [0.1, 0.15) is 30.9 Å². The van der Waals surface area contributed by atoms with Crippen LogP contribution in [0.25, 0.3) is 0 Å². The predicted molar refractivity (Wildman–Crippen MR) is 89.2 cm³/mol. The molecule has 1 amide bonds. The van der Waals surface area contributed by atoms with E-state index in [2.05, 4.69) is 13.8 Å². The van der Waals surface area contributed by atoms with Crippen molar-refractivity contribution in [1.82, 2.24) is 0 Å². The van der Waals surface area contributed by atoms with E-state index in [1.807, 2.05) is 54.6 Å². The SMILES string of the molecule is CC1(C)C2=CC(=O)C(c3ccccc3)C(=O)N2c2ccccc21. The lowest BCUT2D eigenvalue weighted by Crippen LogP contribution is -2.42. The van der Waals surface area contributed by atoms with E-state index < -0.39 is 5.92 Å². The van der Waals surface area contributed by atoms with Crippen LogP contribution >= 0.6 is 0 Å². The fourth-order valence-electron chi connectivity index (χ4n) is 3.65. The molecule has 0 saturated heterocycles. The number of nitrogens with zero attached hydrogens (tertiary/aromatic N) is 1. The molecule has 2 aromatic carbocycles. The first kappa shape index (κ1) is 13.9. The number of carbonyl (C=O) groups is 2. The molecule has 2 aliphatic heterocycles. The first-order chi connectivity index (χ1) is 11.0. The monoisotopic (exact) mass is 303 g/mol. The number of anilines is 1. The van der Waals surface area contributed by atoms with E-state index in [9.17, 15) is 9.59 Å². The molecule has 3 heteroatoms. The van der Waals surface area contributed by atoms with Crippen molar-refractivity contribution in [1.29, 1.82) is 0 Å². The summed E-state index contributed by atoms with van der Waals surface area (Å²) in [6, 6.07) is 17.2. The molecule has 3 nitrogen and oxygen atoms in total. The van der Waals surface area contributed by atoms with E-state index in [4.69, 9.17) is 0 Å². The van der Waals surface area contributed by atoms with E-state index in [0.29, 0.717) is 0 Å². The van der Waals surface area contributed by atoms with Crippen LogP contribution in [-0.2, 0) is 15.0 Å². The zero-order valence-electron chi connectivity index (χ0n) is 13.1. The van der Waals surface area contributed by atoms with Gasteiger partial charge in [0.1, 0.15) is 5.92 Å². The third-order valence-electron chi connectivity index (χ3n) is 4.86. The number of benzene rings is 2. The number of allylic oxidation sites excluding steroid dienone is 2. The molecule has 0 aromatic heterocycles. The summed E-state index contributed by atoms with van der Waals surface area (Å²) in [7, 11) is 0. The summed E-state index contributed by atoms with van der Waals surface area (Å²) in [4.78, 5) is 27.5. The van der Waals surface area contributed by atoms with Crippen molar-refractivity contribution < 1.29 is 9.59 Å². The first-order valence-corrected chi connectivity index (χ1v) is 7.76. The van der Waals surface area contributed by atoms with Crippen molar-refractivity contribution in [2.75, 3.05) is 4.90 Å². The van der Waals surface area contributed by atoms with Gasteiger partial charge in [-0.15, -0.1) is 0 Å². The minimum atomic E-state index is -0.748. The zero-order valence-corrected chi connectivity index (χ0v) is 13.1. The van der Waals surface area contributed by atoms with Gasteiger partial charge in [0.05, 0.1) is 5.69 Å². The number of hydrogen-bond donors (Lipinski definition) is 0. The van der Waals surface area contributed by atoms with E-state index >= 15 is 0 Å². The van der Waals surface area contributed by atoms with Gasteiger partial charge in [-0.25, -0.2) is 0 Å². The fraction of sp³-hybridized carbons (Fsp3) is 0.200. The largest absolute Gasteiger partial charge is 0.294 e. The minimum absolute atomic E-state index is 0.131. The molecule has 4 rings (SSSR count). The highest BCUT2D eigenvalue weighted by Gasteiger charge is 2.48. The molecule has 2 heterocycles. The highest BCUT2D eigenvalue weighted by molar-refractivity contribution is 6.22. The number of amides is 1.